The van der Waals surface area contributed by atoms with Crippen LogP contribution in [0.5, 0.6) is 0 Å². The summed E-state index contributed by atoms with van der Waals surface area (Å²) in [6.45, 7) is 15.9. The number of rotatable bonds is 14. The van der Waals surface area contributed by atoms with Crippen molar-refractivity contribution in [2.45, 2.75) is 163 Å². The molecule has 11 nitrogen and oxygen atoms in total. The van der Waals surface area contributed by atoms with Crippen molar-refractivity contribution in [2.24, 2.45) is 51.2 Å². The number of hydrogen-bond donors (Lipinski definition) is 1. The number of fused-ring (bicyclic) bond motifs is 1. The second-order valence-electron chi connectivity index (χ2n) is 19.9. The van der Waals surface area contributed by atoms with E-state index in [-0.39, 0.29) is 49.9 Å². The fraction of sp³-hybridized carbons (Fsp3) is 0.878. The van der Waals surface area contributed by atoms with Gasteiger partial charge < -0.3 is 28.8 Å². The third kappa shape index (κ3) is 8.34. The Balaban J connectivity index is 1.48. The zero-order valence-electron chi connectivity index (χ0n) is 33.3. The summed E-state index contributed by atoms with van der Waals surface area (Å²) >= 11 is 0. The maximum Gasteiger partial charge on any atom is 0.312 e. The number of carbonyl (C=O) groups is 5. The molecule has 1 saturated heterocycles. The standard InChI is InChI=1S/C41H64O11/c1-11-38(7,32(43)44)22-40(9,34(46)51-36(2,3)4)23-39(8,35(47)52-41-17-24-12-25(18-41)14-26(13-24)19-41)21-37(5,6)33(45)50-30-16-28-27(15-29(30)48-10)20-49-31(28)42/h24-30H,11-23H2,1-10H3,(H,43,44). The Morgan fingerprint density at radius 2 is 1.29 bits per heavy atom. The van der Waals surface area contributed by atoms with Crippen molar-refractivity contribution < 1.29 is 52.8 Å². The predicted octanol–water partition coefficient (Wildman–Crippen LogP) is 7.06. The van der Waals surface area contributed by atoms with Crippen LogP contribution < -0.4 is 0 Å². The maximum atomic E-state index is 14.9. The lowest BCUT2D eigenvalue weighted by Crippen LogP contribution is -2.55. The molecule has 6 fully saturated rings. The fourth-order valence-corrected chi connectivity index (χ4v) is 11.1. The zero-order chi connectivity index (χ0) is 38.7. The number of aliphatic carboxylic acids is 1. The van der Waals surface area contributed by atoms with Gasteiger partial charge in [-0.15, -0.1) is 0 Å². The minimum atomic E-state index is -1.44. The lowest BCUT2D eigenvalue weighted by atomic mass is 9.54. The van der Waals surface area contributed by atoms with Gasteiger partial charge in [-0.1, -0.05) is 6.92 Å². The van der Waals surface area contributed by atoms with E-state index in [1.54, 1.807) is 69.4 Å². The van der Waals surface area contributed by atoms with Crippen LogP contribution in [0.2, 0.25) is 0 Å². The van der Waals surface area contributed by atoms with E-state index < -0.39 is 68.9 Å². The third-order valence-corrected chi connectivity index (χ3v) is 13.2. The van der Waals surface area contributed by atoms with Gasteiger partial charge in [-0.25, -0.2) is 0 Å². The molecule has 5 aliphatic carbocycles. The monoisotopic (exact) mass is 732 g/mol. The summed E-state index contributed by atoms with van der Waals surface area (Å²) < 4.78 is 29.8. The highest BCUT2D eigenvalue weighted by Gasteiger charge is 2.58. The van der Waals surface area contributed by atoms with Gasteiger partial charge in [0.05, 0.1) is 40.3 Å². The molecule has 0 spiro atoms. The van der Waals surface area contributed by atoms with Crippen LogP contribution in [0.4, 0.5) is 0 Å². The summed E-state index contributed by atoms with van der Waals surface area (Å²) in [5.41, 5.74) is -6.85. The minimum Gasteiger partial charge on any atom is -0.481 e. The molecule has 11 heteroatoms. The molecule has 6 aliphatic rings. The van der Waals surface area contributed by atoms with Crippen molar-refractivity contribution in [2.75, 3.05) is 13.7 Å². The highest BCUT2D eigenvalue weighted by molar-refractivity contribution is 5.84. The van der Waals surface area contributed by atoms with E-state index in [1.807, 2.05) is 0 Å². The zero-order valence-corrected chi connectivity index (χ0v) is 33.3. The van der Waals surface area contributed by atoms with Gasteiger partial charge in [0.25, 0.3) is 0 Å². The molecular formula is C41H64O11. The van der Waals surface area contributed by atoms with Gasteiger partial charge in [0, 0.05) is 19.4 Å². The largest absolute Gasteiger partial charge is 0.481 e. The normalized spacial score (nSPS) is 34.6. The molecule has 1 aliphatic heterocycles. The van der Waals surface area contributed by atoms with Crippen LogP contribution in [0.1, 0.15) is 139 Å². The summed E-state index contributed by atoms with van der Waals surface area (Å²) in [5, 5.41) is 10.3. The first-order chi connectivity index (χ1) is 23.9. The summed E-state index contributed by atoms with van der Waals surface area (Å²) in [7, 11) is 1.56. The number of cyclic esters (lactones) is 1. The fourth-order valence-electron chi connectivity index (χ4n) is 11.1. The van der Waals surface area contributed by atoms with Gasteiger partial charge in [-0.05, 0) is 144 Å². The number of methoxy groups -OCH3 is 1. The molecule has 7 unspecified atom stereocenters. The number of esters is 4. The van der Waals surface area contributed by atoms with Crippen molar-refractivity contribution in [1.82, 2.24) is 0 Å². The average molecular weight is 733 g/mol. The van der Waals surface area contributed by atoms with Crippen molar-refractivity contribution in [3.8, 4) is 0 Å². The Bertz CT molecular complexity index is 1380. The summed E-state index contributed by atoms with van der Waals surface area (Å²) in [5.74, 6) is -1.77. The Hall–Kier alpha value is -2.69. The molecule has 294 valence electrons. The van der Waals surface area contributed by atoms with Crippen LogP contribution in [0, 0.1) is 51.2 Å². The molecule has 0 amide bonds. The highest BCUT2D eigenvalue weighted by Crippen LogP contribution is 2.58. The number of hydrogen-bond acceptors (Lipinski definition) is 10. The molecule has 0 aromatic heterocycles. The van der Waals surface area contributed by atoms with Crippen molar-refractivity contribution in [1.29, 1.82) is 0 Å². The van der Waals surface area contributed by atoms with Crippen molar-refractivity contribution >= 4 is 29.8 Å². The van der Waals surface area contributed by atoms with E-state index in [2.05, 4.69) is 0 Å². The third-order valence-electron chi connectivity index (χ3n) is 13.2. The minimum absolute atomic E-state index is 0.00759. The van der Waals surface area contributed by atoms with Crippen molar-refractivity contribution in [3.63, 3.8) is 0 Å². The molecular weight excluding hydrogens is 668 g/mol. The van der Waals surface area contributed by atoms with Gasteiger partial charge >= 0.3 is 29.8 Å². The lowest BCUT2D eigenvalue weighted by molar-refractivity contribution is -0.202. The number of carbonyl (C=O) groups excluding carboxylic acids is 4. The molecule has 4 bridgehead atoms. The number of carboxylic acids is 1. The SMILES string of the molecule is CCC(C)(CC(C)(CC(C)(CC(C)(C)C(=O)OC1CC2C(=O)OCC2CC1OC)C(=O)OC12CC3CC(CC(C3)C1)C2)C(=O)OC(C)(C)C)C(=O)O. The maximum absolute atomic E-state index is 14.9. The topological polar surface area (TPSA) is 152 Å². The molecule has 0 aromatic carbocycles. The van der Waals surface area contributed by atoms with E-state index in [1.165, 1.54) is 0 Å². The predicted molar refractivity (Wildman–Crippen MR) is 191 cm³/mol. The summed E-state index contributed by atoms with van der Waals surface area (Å²) in [6.07, 6.45) is 5.69. The molecule has 1 N–H and O–H groups in total. The Morgan fingerprint density at radius 3 is 1.79 bits per heavy atom. The van der Waals surface area contributed by atoms with Gasteiger partial charge in [-0.2, -0.15) is 0 Å². The summed E-state index contributed by atoms with van der Waals surface area (Å²) in [4.78, 5) is 68.5. The van der Waals surface area contributed by atoms with Crippen LogP contribution in [0.3, 0.4) is 0 Å². The van der Waals surface area contributed by atoms with Crippen LogP contribution in [0.15, 0.2) is 0 Å². The van der Waals surface area contributed by atoms with E-state index in [0.29, 0.717) is 30.8 Å². The van der Waals surface area contributed by atoms with E-state index in [4.69, 9.17) is 23.7 Å². The molecule has 52 heavy (non-hydrogen) atoms. The van der Waals surface area contributed by atoms with E-state index in [0.717, 1.165) is 38.5 Å². The van der Waals surface area contributed by atoms with Gasteiger partial charge in [0.15, 0.2) is 0 Å². The van der Waals surface area contributed by atoms with Gasteiger partial charge in [-0.3, -0.25) is 24.0 Å². The first-order valence-corrected chi connectivity index (χ1v) is 19.6. The molecule has 7 atom stereocenters. The Morgan fingerprint density at radius 1 is 0.750 bits per heavy atom. The Labute approximate surface area is 309 Å². The molecule has 1 heterocycles. The number of ether oxygens (including phenoxy) is 5. The molecule has 5 saturated carbocycles. The number of carboxylic acid groups (broad SMARTS) is 1. The second kappa shape index (κ2) is 14.2. The first kappa shape index (κ1) is 40.5. The van der Waals surface area contributed by atoms with Crippen LogP contribution in [-0.2, 0) is 47.7 Å². The first-order valence-electron chi connectivity index (χ1n) is 19.6. The molecule has 6 rings (SSSR count). The van der Waals surface area contributed by atoms with Gasteiger partial charge in [0.1, 0.15) is 17.3 Å². The average Bonchev–Trinajstić information content (AvgIpc) is 3.37. The molecule has 0 radical (unpaired) electrons. The van der Waals surface area contributed by atoms with Crippen LogP contribution >= 0.6 is 0 Å². The highest BCUT2D eigenvalue weighted by atomic mass is 16.6. The quantitative estimate of drug-likeness (QED) is 0.144. The van der Waals surface area contributed by atoms with Crippen LogP contribution in [0.25, 0.3) is 0 Å². The Kier molecular flexibility index (Phi) is 11.0. The summed E-state index contributed by atoms with van der Waals surface area (Å²) in [6, 6.07) is 0. The van der Waals surface area contributed by atoms with Crippen LogP contribution in [-0.4, -0.2) is 72.1 Å². The van der Waals surface area contributed by atoms with Gasteiger partial charge in [0.2, 0.25) is 0 Å². The van der Waals surface area contributed by atoms with E-state index >= 15 is 0 Å². The second-order valence-corrected chi connectivity index (χ2v) is 19.9. The van der Waals surface area contributed by atoms with E-state index in [9.17, 15) is 29.1 Å². The molecule has 0 aromatic rings. The smallest absolute Gasteiger partial charge is 0.312 e. The lowest BCUT2D eigenvalue weighted by Gasteiger charge is -2.56. The van der Waals surface area contributed by atoms with Crippen molar-refractivity contribution in [3.05, 3.63) is 0 Å².